The van der Waals surface area contributed by atoms with E-state index in [1.807, 2.05) is 25.4 Å². The second kappa shape index (κ2) is 3.59. The molecular formula is C10H12N4. The first-order valence-electron chi connectivity index (χ1n) is 4.46. The number of nitrogens with two attached hydrogens (primary N) is 1. The average molecular weight is 188 g/mol. The molecule has 2 rings (SSSR count). The molecule has 0 aromatic carbocycles. The summed E-state index contributed by atoms with van der Waals surface area (Å²) in [5, 5.41) is 0. The Bertz CT molecular complexity index is 420. The number of hydrogen-bond donors (Lipinski definition) is 2. The number of aryl methyl sites for hydroxylation is 1. The Morgan fingerprint density at radius 2 is 2.29 bits per heavy atom. The van der Waals surface area contributed by atoms with Gasteiger partial charge < -0.3 is 10.7 Å². The Labute approximate surface area is 82.2 Å². The first kappa shape index (κ1) is 8.90. The summed E-state index contributed by atoms with van der Waals surface area (Å²) in [5.74, 6) is 0. The van der Waals surface area contributed by atoms with Gasteiger partial charge in [0.15, 0.2) is 0 Å². The van der Waals surface area contributed by atoms with Gasteiger partial charge in [-0.15, -0.1) is 0 Å². The van der Waals surface area contributed by atoms with Crippen LogP contribution in [-0.4, -0.2) is 15.0 Å². The molecule has 3 N–H and O–H groups in total. The van der Waals surface area contributed by atoms with Gasteiger partial charge in [-0.1, -0.05) is 0 Å². The summed E-state index contributed by atoms with van der Waals surface area (Å²) in [7, 11) is 0. The number of rotatable bonds is 2. The van der Waals surface area contributed by atoms with E-state index in [-0.39, 0.29) is 0 Å². The van der Waals surface area contributed by atoms with E-state index in [2.05, 4.69) is 15.0 Å². The van der Waals surface area contributed by atoms with Crippen LogP contribution in [0.2, 0.25) is 0 Å². The van der Waals surface area contributed by atoms with E-state index in [0.29, 0.717) is 6.54 Å². The molecule has 2 heterocycles. The fourth-order valence-electron chi connectivity index (χ4n) is 1.46. The molecule has 0 amide bonds. The summed E-state index contributed by atoms with van der Waals surface area (Å²) in [4.78, 5) is 11.4. The Hall–Kier alpha value is -1.68. The van der Waals surface area contributed by atoms with Gasteiger partial charge in [0.05, 0.1) is 5.69 Å². The van der Waals surface area contributed by atoms with E-state index in [4.69, 9.17) is 5.73 Å². The molecule has 0 radical (unpaired) electrons. The Balaban J connectivity index is 2.58. The molecule has 0 unspecified atom stereocenters. The van der Waals surface area contributed by atoms with Gasteiger partial charge >= 0.3 is 0 Å². The quantitative estimate of drug-likeness (QED) is 0.745. The van der Waals surface area contributed by atoms with Crippen molar-refractivity contribution >= 4 is 0 Å². The summed E-state index contributed by atoms with van der Waals surface area (Å²) in [6, 6.07) is 1.97. The van der Waals surface area contributed by atoms with Gasteiger partial charge in [0, 0.05) is 35.8 Å². The van der Waals surface area contributed by atoms with Crippen LogP contribution in [-0.2, 0) is 6.54 Å². The zero-order valence-corrected chi connectivity index (χ0v) is 7.99. The van der Waals surface area contributed by atoms with Gasteiger partial charge in [0.25, 0.3) is 0 Å². The molecule has 0 bridgehead atoms. The normalized spacial score (nSPS) is 10.4. The minimum atomic E-state index is 0.465. The molecule has 0 aliphatic rings. The van der Waals surface area contributed by atoms with Gasteiger partial charge in [-0.05, 0) is 13.0 Å². The van der Waals surface area contributed by atoms with Crippen molar-refractivity contribution in [3.05, 3.63) is 36.0 Å². The number of aromatic nitrogens is 3. The molecule has 0 saturated carbocycles. The highest BCUT2D eigenvalue weighted by molar-refractivity contribution is 5.62. The molecule has 0 saturated heterocycles. The summed E-state index contributed by atoms with van der Waals surface area (Å²) < 4.78 is 0. The van der Waals surface area contributed by atoms with Gasteiger partial charge in [0.1, 0.15) is 6.33 Å². The fourth-order valence-corrected chi connectivity index (χ4v) is 1.46. The standard InChI is InChI=1S/C10H12N4/c1-7-9(4-11)10(14-6-13-7)8-2-3-12-5-8/h2-3,5-6,12H,4,11H2,1H3. The Kier molecular flexibility index (Phi) is 2.28. The van der Waals surface area contributed by atoms with Gasteiger partial charge in [-0.2, -0.15) is 0 Å². The molecule has 0 atom stereocenters. The predicted molar refractivity (Wildman–Crippen MR) is 54.4 cm³/mol. The second-order valence-electron chi connectivity index (χ2n) is 3.09. The van der Waals surface area contributed by atoms with Crippen LogP contribution in [0.4, 0.5) is 0 Å². The van der Waals surface area contributed by atoms with Gasteiger partial charge in [0.2, 0.25) is 0 Å². The lowest BCUT2D eigenvalue weighted by Gasteiger charge is -2.06. The Morgan fingerprint density at radius 1 is 1.43 bits per heavy atom. The maximum Gasteiger partial charge on any atom is 0.116 e. The highest BCUT2D eigenvalue weighted by Gasteiger charge is 2.08. The van der Waals surface area contributed by atoms with Crippen molar-refractivity contribution in [2.24, 2.45) is 5.73 Å². The molecule has 0 aliphatic carbocycles. The van der Waals surface area contributed by atoms with Crippen LogP contribution in [0.25, 0.3) is 11.3 Å². The molecule has 2 aromatic rings. The highest BCUT2D eigenvalue weighted by Crippen LogP contribution is 2.21. The van der Waals surface area contributed by atoms with Gasteiger partial charge in [-0.25, -0.2) is 9.97 Å². The van der Waals surface area contributed by atoms with Crippen LogP contribution < -0.4 is 5.73 Å². The van der Waals surface area contributed by atoms with E-state index in [0.717, 1.165) is 22.5 Å². The number of aromatic amines is 1. The molecule has 4 nitrogen and oxygen atoms in total. The molecule has 14 heavy (non-hydrogen) atoms. The largest absolute Gasteiger partial charge is 0.367 e. The number of nitrogens with zero attached hydrogens (tertiary/aromatic N) is 2. The van der Waals surface area contributed by atoms with Crippen molar-refractivity contribution in [1.82, 2.24) is 15.0 Å². The predicted octanol–water partition coefficient (Wildman–Crippen LogP) is 1.24. The summed E-state index contributed by atoms with van der Waals surface area (Å²) in [5.41, 5.74) is 9.59. The third-order valence-electron chi connectivity index (χ3n) is 2.24. The lowest BCUT2D eigenvalue weighted by atomic mass is 10.1. The molecule has 0 aliphatic heterocycles. The first-order chi connectivity index (χ1) is 6.83. The van der Waals surface area contributed by atoms with E-state index in [1.165, 1.54) is 0 Å². The van der Waals surface area contributed by atoms with Crippen molar-refractivity contribution in [3.8, 4) is 11.3 Å². The zero-order valence-electron chi connectivity index (χ0n) is 7.99. The third kappa shape index (κ3) is 1.40. The van der Waals surface area contributed by atoms with E-state index in [9.17, 15) is 0 Å². The second-order valence-corrected chi connectivity index (χ2v) is 3.09. The van der Waals surface area contributed by atoms with Gasteiger partial charge in [-0.3, -0.25) is 0 Å². The van der Waals surface area contributed by atoms with Crippen molar-refractivity contribution in [2.75, 3.05) is 0 Å². The maximum absolute atomic E-state index is 5.67. The molecule has 4 heteroatoms. The van der Waals surface area contributed by atoms with E-state index in [1.54, 1.807) is 6.33 Å². The first-order valence-corrected chi connectivity index (χ1v) is 4.46. The average Bonchev–Trinajstić information content (AvgIpc) is 2.70. The highest BCUT2D eigenvalue weighted by atomic mass is 14.9. The van der Waals surface area contributed by atoms with Crippen molar-refractivity contribution in [3.63, 3.8) is 0 Å². The lowest BCUT2D eigenvalue weighted by molar-refractivity contribution is 0.973. The van der Waals surface area contributed by atoms with Crippen molar-refractivity contribution in [1.29, 1.82) is 0 Å². The van der Waals surface area contributed by atoms with E-state index < -0.39 is 0 Å². The SMILES string of the molecule is Cc1ncnc(-c2cc[nH]c2)c1CN. The number of H-pyrrole nitrogens is 1. The lowest BCUT2D eigenvalue weighted by Crippen LogP contribution is -2.04. The Morgan fingerprint density at radius 3 is 2.93 bits per heavy atom. The number of hydrogen-bond acceptors (Lipinski definition) is 3. The maximum atomic E-state index is 5.67. The van der Waals surface area contributed by atoms with Crippen molar-refractivity contribution in [2.45, 2.75) is 13.5 Å². The molecule has 2 aromatic heterocycles. The molecular weight excluding hydrogens is 176 g/mol. The van der Waals surface area contributed by atoms with Crippen LogP contribution in [0.15, 0.2) is 24.8 Å². The fraction of sp³-hybridized carbons (Fsp3) is 0.200. The molecule has 0 fully saturated rings. The topological polar surface area (TPSA) is 67.6 Å². The van der Waals surface area contributed by atoms with Crippen LogP contribution in [0.1, 0.15) is 11.3 Å². The van der Waals surface area contributed by atoms with Crippen LogP contribution in [0, 0.1) is 6.92 Å². The zero-order chi connectivity index (χ0) is 9.97. The van der Waals surface area contributed by atoms with Crippen LogP contribution in [0.5, 0.6) is 0 Å². The smallest absolute Gasteiger partial charge is 0.116 e. The minimum Gasteiger partial charge on any atom is -0.367 e. The monoisotopic (exact) mass is 188 g/mol. The summed E-state index contributed by atoms with van der Waals surface area (Å²) in [6.45, 7) is 2.41. The number of nitrogens with one attached hydrogen (secondary N) is 1. The third-order valence-corrected chi connectivity index (χ3v) is 2.24. The van der Waals surface area contributed by atoms with E-state index >= 15 is 0 Å². The summed E-state index contributed by atoms with van der Waals surface area (Å²) >= 11 is 0. The minimum absolute atomic E-state index is 0.465. The summed E-state index contributed by atoms with van der Waals surface area (Å²) in [6.07, 6.45) is 5.34. The molecule has 0 spiro atoms. The van der Waals surface area contributed by atoms with Crippen LogP contribution >= 0.6 is 0 Å². The van der Waals surface area contributed by atoms with Crippen LogP contribution in [0.3, 0.4) is 0 Å². The molecule has 72 valence electrons. The van der Waals surface area contributed by atoms with Crippen molar-refractivity contribution < 1.29 is 0 Å².